The first-order valence-electron chi connectivity index (χ1n) is 5.85. The predicted molar refractivity (Wildman–Crippen MR) is 70.3 cm³/mol. The molecular weight excluding hydrogens is 257 g/mol. The Labute approximate surface area is 112 Å². The van der Waals surface area contributed by atoms with Crippen molar-refractivity contribution in [2.75, 3.05) is 26.8 Å². The van der Waals surface area contributed by atoms with Gasteiger partial charge in [-0.15, -0.1) is 0 Å². The summed E-state index contributed by atoms with van der Waals surface area (Å²) >= 11 is 5.98. The van der Waals surface area contributed by atoms with Gasteiger partial charge < -0.3 is 15.2 Å². The lowest BCUT2D eigenvalue weighted by Gasteiger charge is -2.25. The average molecular weight is 276 g/mol. The molecule has 0 fully saturated rings. The average Bonchev–Trinajstić information content (AvgIpc) is 2.32. The molecule has 2 N–H and O–H groups in total. The van der Waals surface area contributed by atoms with E-state index in [4.69, 9.17) is 16.3 Å². The molecule has 0 amide bonds. The highest BCUT2D eigenvalue weighted by Gasteiger charge is 2.25. The highest BCUT2D eigenvalue weighted by Crippen LogP contribution is 2.30. The Kier molecular flexibility index (Phi) is 6.02. The number of benzene rings is 1. The molecule has 5 heteroatoms. The van der Waals surface area contributed by atoms with Crippen molar-refractivity contribution in [3.05, 3.63) is 34.6 Å². The molecule has 0 saturated heterocycles. The normalized spacial score (nSPS) is 14.5. The fourth-order valence-corrected chi connectivity index (χ4v) is 2.00. The SMILES string of the molecule is COCCNCCC(C)(O)c1cc(F)ccc1Cl. The van der Waals surface area contributed by atoms with Crippen LogP contribution in [0.3, 0.4) is 0 Å². The van der Waals surface area contributed by atoms with Gasteiger partial charge in [-0.05, 0) is 38.1 Å². The van der Waals surface area contributed by atoms with Crippen LogP contribution in [-0.2, 0) is 10.3 Å². The molecule has 1 rings (SSSR count). The Morgan fingerprint density at radius 3 is 2.83 bits per heavy atom. The molecule has 3 nitrogen and oxygen atoms in total. The standard InChI is InChI=1S/C13H19ClFNO2/c1-13(17,5-6-16-7-8-18-2)11-9-10(15)3-4-12(11)14/h3-4,9,16-17H,5-8H2,1-2H3. The van der Waals surface area contributed by atoms with Crippen LogP contribution in [0.25, 0.3) is 0 Å². The zero-order chi connectivity index (χ0) is 13.6. The smallest absolute Gasteiger partial charge is 0.123 e. The third-order valence-electron chi connectivity index (χ3n) is 2.78. The molecule has 18 heavy (non-hydrogen) atoms. The maximum Gasteiger partial charge on any atom is 0.123 e. The summed E-state index contributed by atoms with van der Waals surface area (Å²) in [5.74, 6) is -0.401. The van der Waals surface area contributed by atoms with Crippen molar-refractivity contribution in [1.29, 1.82) is 0 Å². The molecule has 1 aromatic carbocycles. The summed E-state index contributed by atoms with van der Waals surface area (Å²) in [7, 11) is 1.63. The van der Waals surface area contributed by atoms with E-state index in [0.717, 1.165) is 0 Å². The fourth-order valence-electron chi connectivity index (χ4n) is 1.68. The van der Waals surface area contributed by atoms with Crippen LogP contribution in [0.15, 0.2) is 18.2 Å². The third-order valence-corrected chi connectivity index (χ3v) is 3.11. The Morgan fingerprint density at radius 2 is 2.17 bits per heavy atom. The molecule has 0 radical (unpaired) electrons. The van der Waals surface area contributed by atoms with Gasteiger partial charge in [-0.25, -0.2) is 4.39 Å². The second-order valence-corrected chi connectivity index (χ2v) is 4.80. The van der Waals surface area contributed by atoms with E-state index < -0.39 is 11.4 Å². The minimum atomic E-state index is -1.15. The van der Waals surface area contributed by atoms with Gasteiger partial charge in [0.1, 0.15) is 5.82 Å². The maximum absolute atomic E-state index is 13.2. The van der Waals surface area contributed by atoms with Crippen LogP contribution in [0.1, 0.15) is 18.9 Å². The maximum atomic E-state index is 13.2. The summed E-state index contributed by atoms with van der Waals surface area (Å²) in [6.07, 6.45) is 0.444. The van der Waals surface area contributed by atoms with Gasteiger partial charge in [-0.3, -0.25) is 0 Å². The van der Waals surface area contributed by atoms with Gasteiger partial charge in [0.2, 0.25) is 0 Å². The van der Waals surface area contributed by atoms with Crippen molar-refractivity contribution >= 4 is 11.6 Å². The summed E-state index contributed by atoms with van der Waals surface area (Å²) in [6, 6.07) is 4.01. The first kappa shape index (κ1) is 15.4. The number of hydrogen-bond donors (Lipinski definition) is 2. The lowest BCUT2D eigenvalue weighted by atomic mass is 9.92. The molecule has 0 heterocycles. The number of rotatable bonds is 7. The van der Waals surface area contributed by atoms with Crippen molar-refractivity contribution in [2.45, 2.75) is 18.9 Å². The van der Waals surface area contributed by atoms with Gasteiger partial charge in [0.25, 0.3) is 0 Å². The third kappa shape index (κ3) is 4.53. The zero-order valence-corrected chi connectivity index (χ0v) is 11.4. The minimum Gasteiger partial charge on any atom is -0.385 e. The van der Waals surface area contributed by atoms with Crippen LogP contribution in [0.2, 0.25) is 5.02 Å². The van der Waals surface area contributed by atoms with Crippen LogP contribution in [0.4, 0.5) is 4.39 Å². The second-order valence-electron chi connectivity index (χ2n) is 4.39. The van der Waals surface area contributed by atoms with Gasteiger partial charge >= 0.3 is 0 Å². The van der Waals surface area contributed by atoms with Crippen LogP contribution in [0.5, 0.6) is 0 Å². The van der Waals surface area contributed by atoms with Gasteiger partial charge in [-0.1, -0.05) is 11.6 Å². The summed E-state index contributed by atoms with van der Waals surface area (Å²) in [5.41, 5.74) is -0.739. The number of ether oxygens (including phenoxy) is 1. The number of nitrogens with one attached hydrogen (secondary N) is 1. The molecule has 1 atom stereocenters. The largest absolute Gasteiger partial charge is 0.385 e. The van der Waals surface area contributed by atoms with Crippen molar-refractivity contribution in [3.8, 4) is 0 Å². The van der Waals surface area contributed by atoms with Crippen molar-refractivity contribution < 1.29 is 14.2 Å². The molecule has 1 unspecified atom stereocenters. The van der Waals surface area contributed by atoms with Gasteiger partial charge in [0, 0.05) is 24.2 Å². The first-order chi connectivity index (χ1) is 8.47. The number of aliphatic hydroxyl groups is 1. The van der Waals surface area contributed by atoms with Crippen LogP contribution >= 0.6 is 11.6 Å². The van der Waals surface area contributed by atoms with E-state index >= 15 is 0 Å². The lowest BCUT2D eigenvalue weighted by Crippen LogP contribution is -2.29. The monoisotopic (exact) mass is 275 g/mol. The lowest BCUT2D eigenvalue weighted by molar-refractivity contribution is 0.0473. The molecule has 0 bridgehead atoms. The van der Waals surface area contributed by atoms with E-state index in [1.165, 1.54) is 18.2 Å². The number of hydrogen-bond acceptors (Lipinski definition) is 3. The Bertz CT molecular complexity index is 385. The molecule has 1 aromatic rings. The minimum absolute atomic E-state index is 0.373. The Morgan fingerprint density at radius 1 is 1.44 bits per heavy atom. The van der Waals surface area contributed by atoms with Gasteiger partial charge in [0.05, 0.1) is 12.2 Å². The van der Waals surface area contributed by atoms with Crippen LogP contribution in [-0.4, -0.2) is 31.9 Å². The van der Waals surface area contributed by atoms with Crippen molar-refractivity contribution in [2.24, 2.45) is 0 Å². The molecule has 0 aliphatic rings. The molecule has 0 aromatic heterocycles. The topological polar surface area (TPSA) is 41.5 Å². The summed E-state index contributed by atoms with van der Waals surface area (Å²) in [5, 5.41) is 13.8. The van der Waals surface area contributed by atoms with E-state index in [1.807, 2.05) is 0 Å². The number of halogens is 2. The summed E-state index contributed by atoms with van der Waals surface area (Å²) < 4.78 is 18.1. The molecule has 0 spiro atoms. The first-order valence-corrected chi connectivity index (χ1v) is 6.23. The highest BCUT2D eigenvalue weighted by atomic mass is 35.5. The van der Waals surface area contributed by atoms with Crippen LogP contribution < -0.4 is 5.32 Å². The van der Waals surface area contributed by atoms with Crippen molar-refractivity contribution in [1.82, 2.24) is 5.32 Å². The zero-order valence-electron chi connectivity index (χ0n) is 10.7. The van der Waals surface area contributed by atoms with Gasteiger partial charge in [0.15, 0.2) is 0 Å². The van der Waals surface area contributed by atoms with E-state index in [0.29, 0.717) is 36.7 Å². The molecule has 0 aliphatic heterocycles. The Balaban J connectivity index is 2.59. The summed E-state index contributed by atoms with van der Waals surface area (Å²) in [6.45, 7) is 3.56. The molecule has 102 valence electrons. The van der Waals surface area contributed by atoms with E-state index in [2.05, 4.69) is 5.32 Å². The highest BCUT2D eigenvalue weighted by molar-refractivity contribution is 6.31. The second kappa shape index (κ2) is 7.04. The molecule has 0 saturated carbocycles. The quantitative estimate of drug-likeness (QED) is 0.751. The predicted octanol–water partition coefficient (Wildman–Crippen LogP) is 2.31. The Hall–Kier alpha value is -0.680. The van der Waals surface area contributed by atoms with Gasteiger partial charge in [-0.2, -0.15) is 0 Å². The van der Waals surface area contributed by atoms with E-state index in [-0.39, 0.29) is 0 Å². The van der Waals surface area contributed by atoms with Crippen LogP contribution in [0, 0.1) is 5.82 Å². The van der Waals surface area contributed by atoms with E-state index in [1.54, 1.807) is 14.0 Å². The molecular formula is C13H19ClFNO2. The molecule has 0 aliphatic carbocycles. The number of methoxy groups -OCH3 is 1. The summed E-state index contributed by atoms with van der Waals surface area (Å²) in [4.78, 5) is 0. The van der Waals surface area contributed by atoms with Crippen molar-refractivity contribution in [3.63, 3.8) is 0 Å². The fraction of sp³-hybridized carbons (Fsp3) is 0.538. The van der Waals surface area contributed by atoms with E-state index in [9.17, 15) is 9.50 Å².